The summed E-state index contributed by atoms with van der Waals surface area (Å²) in [5, 5.41) is 3.22. The van der Waals surface area contributed by atoms with Gasteiger partial charge in [-0.05, 0) is 35.7 Å². The van der Waals surface area contributed by atoms with E-state index >= 15 is 0 Å². The van der Waals surface area contributed by atoms with Crippen molar-refractivity contribution in [2.75, 3.05) is 15.8 Å². The molecule has 2 N–H and O–H groups in total. The average molecular weight is 368 g/mol. The van der Waals surface area contributed by atoms with Crippen molar-refractivity contribution in [1.29, 1.82) is 0 Å². The van der Waals surface area contributed by atoms with Crippen molar-refractivity contribution in [3.05, 3.63) is 84.3 Å². The Hall–Kier alpha value is -2.93. The van der Waals surface area contributed by atoms with E-state index in [1.54, 1.807) is 30.7 Å². The maximum Gasteiger partial charge on any atom is 0.234 e. The van der Waals surface area contributed by atoms with Gasteiger partial charge in [0.1, 0.15) is 5.82 Å². The van der Waals surface area contributed by atoms with Crippen molar-refractivity contribution >= 4 is 21.5 Å². The maximum absolute atomic E-state index is 12.2. The topological polar surface area (TPSA) is 84.0 Å². The molecule has 0 amide bonds. The molecule has 0 aliphatic heterocycles. The van der Waals surface area contributed by atoms with Crippen LogP contribution < -0.4 is 10.0 Å². The van der Waals surface area contributed by atoms with E-state index in [0.29, 0.717) is 18.8 Å². The minimum atomic E-state index is -3.44. The van der Waals surface area contributed by atoms with Crippen molar-refractivity contribution in [1.82, 2.24) is 9.97 Å². The quantitative estimate of drug-likeness (QED) is 0.638. The molecule has 0 radical (unpaired) electrons. The van der Waals surface area contributed by atoms with Crippen molar-refractivity contribution in [3.8, 4) is 0 Å². The molecule has 2 aromatic heterocycles. The van der Waals surface area contributed by atoms with Crippen molar-refractivity contribution in [3.63, 3.8) is 0 Å². The van der Waals surface area contributed by atoms with E-state index in [-0.39, 0.29) is 5.75 Å². The van der Waals surface area contributed by atoms with Gasteiger partial charge in [0, 0.05) is 18.9 Å². The highest BCUT2D eigenvalue weighted by Crippen LogP contribution is 2.13. The predicted octanol–water partition coefficient (Wildman–Crippen LogP) is 3.07. The molecule has 0 saturated heterocycles. The van der Waals surface area contributed by atoms with Gasteiger partial charge >= 0.3 is 0 Å². The number of benzene rings is 1. The van der Waals surface area contributed by atoms with E-state index in [0.717, 1.165) is 16.8 Å². The number of sulfonamides is 1. The van der Waals surface area contributed by atoms with E-state index in [9.17, 15) is 8.42 Å². The third-order valence-electron chi connectivity index (χ3n) is 3.75. The molecule has 0 aliphatic rings. The summed E-state index contributed by atoms with van der Waals surface area (Å²) in [6.07, 6.45) is 5.58. The smallest absolute Gasteiger partial charge is 0.234 e. The summed E-state index contributed by atoms with van der Waals surface area (Å²) in [7, 11) is -3.44. The van der Waals surface area contributed by atoms with E-state index < -0.39 is 10.0 Å². The molecule has 26 heavy (non-hydrogen) atoms. The third-order valence-corrected chi connectivity index (χ3v) is 5.01. The summed E-state index contributed by atoms with van der Waals surface area (Å²) in [6.45, 7) is 0.623. The number of hydrogen-bond acceptors (Lipinski definition) is 5. The predicted molar refractivity (Wildman–Crippen MR) is 103 cm³/mol. The number of rotatable bonds is 8. The van der Waals surface area contributed by atoms with Crippen LogP contribution in [0, 0.1) is 0 Å². The molecule has 0 fully saturated rings. The second-order valence-electron chi connectivity index (χ2n) is 5.80. The molecule has 134 valence electrons. The van der Waals surface area contributed by atoms with Crippen LogP contribution in [0.4, 0.5) is 11.5 Å². The Morgan fingerprint density at radius 3 is 2.38 bits per heavy atom. The highest BCUT2D eigenvalue weighted by molar-refractivity contribution is 7.92. The van der Waals surface area contributed by atoms with Crippen LogP contribution in [0.25, 0.3) is 0 Å². The van der Waals surface area contributed by atoms with Gasteiger partial charge in [0.05, 0.1) is 17.6 Å². The van der Waals surface area contributed by atoms with E-state index in [1.165, 1.54) is 0 Å². The third kappa shape index (κ3) is 5.56. The number of hydrogen-bond donors (Lipinski definition) is 2. The number of anilines is 2. The molecule has 0 spiro atoms. The molecule has 1 aromatic carbocycles. The molecule has 0 saturated carbocycles. The van der Waals surface area contributed by atoms with Crippen molar-refractivity contribution in [2.24, 2.45) is 0 Å². The summed E-state index contributed by atoms with van der Waals surface area (Å²) < 4.78 is 26.9. The second kappa shape index (κ2) is 8.44. The molecule has 0 bridgehead atoms. The Morgan fingerprint density at radius 2 is 1.69 bits per heavy atom. The van der Waals surface area contributed by atoms with E-state index in [2.05, 4.69) is 20.0 Å². The summed E-state index contributed by atoms with van der Waals surface area (Å²) in [5.74, 6) is 0.324. The maximum atomic E-state index is 12.2. The first-order valence-electron chi connectivity index (χ1n) is 8.24. The number of aromatic nitrogens is 2. The lowest BCUT2D eigenvalue weighted by molar-refractivity contribution is 0.600. The Bertz CT molecular complexity index is 915. The zero-order chi connectivity index (χ0) is 18.2. The molecule has 0 unspecified atom stereocenters. The zero-order valence-electron chi connectivity index (χ0n) is 14.2. The molecule has 2 heterocycles. The number of pyridine rings is 2. The molecular formula is C19H20N4O2S. The lowest BCUT2D eigenvalue weighted by Gasteiger charge is -2.09. The van der Waals surface area contributed by atoms with Crippen LogP contribution in [0.1, 0.15) is 11.1 Å². The molecule has 3 rings (SSSR count). The fourth-order valence-electron chi connectivity index (χ4n) is 2.37. The summed E-state index contributed by atoms with van der Waals surface area (Å²) in [4.78, 5) is 8.22. The SMILES string of the molecule is O=S(=O)(CCc1ccccc1)Nc1ccc(NCc2cccnc2)cn1. The first-order chi connectivity index (χ1) is 12.6. The van der Waals surface area contributed by atoms with Gasteiger partial charge in [-0.3, -0.25) is 9.71 Å². The monoisotopic (exact) mass is 368 g/mol. The normalized spacial score (nSPS) is 11.1. The minimum Gasteiger partial charge on any atom is -0.380 e. The standard InChI is InChI=1S/C19H20N4O2S/c24-26(25,12-10-16-5-2-1-3-6-16)23-19-9-8-18(15-22-19)21-14-17-7-4-11-20-13-17/h1-9,11,13,15,21H,10,12,14H2,(H,22,23). The summed E-state index contributed by atoms with van der Waals surface area (Å²) in [5.41, 5.74) is 2.85. The van der Waals surface area contributed by atoms with Gasteiger partial charge in [-0.15, -0.1) is 0 Å². The lowest BCUT2D eigenvalue weighted by atomic mass is 10.2. The molecular weight excluding hydrogens is 348 g/mol. The molecule has 3 aromatic rings. The summed E-state index contributed by atoms with van der Waals surface area (Å²) >= 11 is 0. The zero-order valence-corrected chi connectivity index (χ0v) is 15.0. The van der Waals surface area contributed by atoms with Gasteiger partial charge in [0.15, 0.2) is 0 Å². The van der Waals surface area contributed by atoms with Crippen LogP contribution in [-0.2, 0) is 23.0 Å². The van der Waals surface area contributed by atoms with Gasteiger partial charge in [-0.25, -0.2) is 13.4 Å². The van der Waals surface area contributed by atoms with Gasteiger partial charge < -0.3 is 5.32 Å². The molecule has 0 atom stereocenters. The largest absolute Gasteiger partial charge is 0.380 e. The van der Waals surface area contributed by atoms with Gasteiger partial charge in [0.25, 0.3) is 0 Å². The van der Waals surface area contributed by atoms with Crippen molar-refractivity contribution in [2.45, 2.75) is 13.0 Å². The van der Waals surface area contributed by atoms with Gasteiger partial charge in [-0.1, -0.05) is 36.4 Å². The summed E-state index contributed by atoms with van der Waals surface area (Å²) in [6, 6.07) is 16.8. The number of nitrogens with one attached hydrogen (secondary N) is 2. The first kappa shape index (κ1) is 17.9. The lowest BCUT2D eigenvalue weighted by Crippen LogP contribution is -2.18. The minimum absolute atomic E-state index is 0.0136. The Morgan fingerprint density at radius 1 is 0.885 bits per heavy atom. The Balaban J connectivity index is 1.53. The second-order valence-corrected chi connectivity index (χ2v) is 7.65. The average Bonchev–Trinajstić information content (AvgIpc) is 2.67. The fraction of sp³-hybridized carbons (Fsp3) is 0.158. The Kier molecular flexibility index (Phi) is 5.80. The van der Waals surface area contributed by atoms with Crippen LogP contribution in [0.5, 0.6) is 0 Å². The highest BCUT2D eigenvalue weighted by atomic mass is 32.2. The van der Waals surface area contributed by atoms with Crippen LogP contribution in [0.3, 0.4) is 0 Å². The van der Waals surface area contributed by atoms with E-state index in [1.807, 2.05) is 42.5 Å². The van der Waals surface area contributed by atoms with E-state index in [4.69, 9.17) is 0 Å². The van der Waals surface area contributed by atoms with Crippen LogP contribution in [-0.4, -0.2) is 24.1 Å². The Labute approximate surface area is 153 Å². The fourth-order valence-corrected chi connectivity index (χ4v) is 3.42. The van der Waals surface area contributed by atoms with Gasteiger partial charge in [-0.2, -0.15) is 0 Å². The number of aryl methyl sites for hydroxylation is 1. The first-order valence-corrected chi connectivity index (χ1v) is 9.89. The number of nitrogens with zero attached hydrogens (tertiary/aromatic N) is 2. The molecule has 7 heteroatoms. The van der Waals surface area contributed by atoms with Crippen LogP contribution in [0.15, 0.2) is 73.2 Å². The van der Waals surface area contributed by atoms with Gasteiger partial charge in [0.2, 0.25) is 10.0 Å². The molecule has 6 nitrogen and oxygen atoms in total. The van der Waals surface area contributed by atoms with Crippen LogP contribution in [0.2, 0.25) is 0 Å². The molecule has 0 aliphatic carbocycles. The van der Waals surface area contributed by atoms with Crippen molar-refractivity contribution < 1.29 is 8.42 Å². The highest BCUT2D eigenvalue weighted by Gasteiger charge is 2.11. The van der Waals surface area contributed by atoms with Crippen LogP contribution >= 0.6 is 0 Å².